The van der Waals surface area contributed by atoms with Gasteiger partial charge in [-0.25, -0.2) is 0 Å². The van der Waals surface area contributed by atoms with Crippen molar-refractivity contribution in [3.63, 3.8) is 0 Å². The number of aryl methyl sites for hydroxylation is 3. The van der Waals surface area contributed by atoms with Gasteiger partial charge >= 0.3 is 0 Å². The molecule has 190 valence electrons. The summed E-state index contributed by atoms with van der Waals surface area (Å²) in [7, 11) is 0. The Morgan fingerprint density at radius 3 is 1.84 bits per heavy atom. The Balaban J connectivity index is 1.68. The second-order valence-corrected chi connectivity index (χ2v) is 9.76. The van der Waals surface area contributed by atoms with Crippen LogP contribution in [0, 0.1) is 20.8 Å². The van der Waals surface area contributed by atoms with Crippen LogP contribution in [0.2, 0.25) is 0 Å². The number of carbonyl (C=O) groups is 2. The van der Waals surface area contributed by atoms with Crippen molar-refractivity contribution < 1.29 is 9.59 Å². The highest BCUT2D eigenvalue weighted by atomic mass is 32.1. The molecule has 4 aromatic rings. The highest BCUT2D eigenvalue weighted by Crippen LogP contribution is 2.32. The van der Waals surface area contributed by atoms with Crippen molar-refractivity contribution in [2.24, 2.45) is 0 Å². The molecule has 2 amide bonds. The SMILES string of the molecule is CCc1cccc(C)c1-n1c(C)cc(C=C2C(=O)N(c3ccccc3)C(=S)N(c3ccccc3)C2=O)c1C. The molecule has 3 aromatic carbocycles. The van der Waals surface area contributed by atoms with Crippen LogP contribution in [0.4, 0.5) is 11.4 Å². The monoisotopic (exact) mass is 519 g/mol. The first-order valence-electron chi connectivity index (χ1n) is 12.7. The highest BCUT2D eigenvalue weighted by molar-refractivity contribution is 7.81. The third kappa shape index (κ3) is 4.27. The molecule has 1 aromatic heterocycles. The number of amides is 2. The van der Waals surface area contributed by atoms with E-state index >= 15 is 0 Å². The Kier molecular flexibility index (Phi) is 6.83. The smallest absolute Gasteiger partial charge is 0.270 e. The Hall–Kier alpha value is -4.29. The van der Waals surface area contributed by atoms with Crippen LogP contribution in [0.15, 0.2) is 90.5 Å². The number of para-hydroxylation sites is 3. The standard InChI is InChI=1S/C32H29N3O2S/c1-5-24-14-12-13-21(2)29(24)33-22(3)19-25(23(33)4)20-28-30(36)34(26-15-8-6-9-16-26)32(38)35(31(28)37)27-17-10-7-11-18-27/h6-20H,5H2,1-4H3. The van der Waals surface area contributed by atoms with Crippen LogP contribution >= 0.6 is 12.2 Å². The van der Waals surface area contributed by atoms with Crippen molar-refractivity contribution in [1.29, 1.82) is 0 Å². The molecule has 1 aliphatic heterocycles. The number of rotatable bonds is 5. The van der Waals surface area contributed by atoms with E-state index in [0.29, 0.717) is 11.4 Å². The molecule has 0 N–H and O–H groups in total. The molecule has 0 atom stereocenters. The van der Waals surface area contributed by atoms with E-state index in [1.165, 1.54) is 20.9 Å². The summed E-state index contributed by atoms with van der Waals surface area (Å²) in [6.45, 7) is 8.33. The second kappa shape index (κ2) is 10.2. The first kappa shape index (κ1) is 25.4. The molecule has 5 rings (SSSR count). The maximum Gasteiger partial charge on any atom is 0.270 e. The third-order valence-electron chi connectivity index (χ3n) is 6.97. The fourth-order valence-electron chi connectivity index (χ4n) is 5.10. The predicted molar refractivity (Wildman–Crippen MR) is 158 cm³/mol. The van der Waals surface area contributed by atoms with Gasteiger partial charge in [-0.2, -0.15) is 0 Å². The van der Waals surface area contributed by atoms with E-state index in [9.17, 15) is 9.59 Å². The zero-order valence-corrected chi connectivity index (χ0v) is 22.8. The van der Waals surface area contributed by atoms with Crippen LogP contribution in [-0.4, -0.2) is 21.5 Å². The number of carbonyl (C=O) groups excluding carboxylic acids is 2. The average Bonchev–Trinajstić information content (AvgIpc) is 3.19. The lowest BCUT2D eigenvalue weighted by Crippen LogP contribution is -2.56. The first-order chi connectivity index (χ1) is 18.3. The van der Waals surface area contributed by atoms with Crippen LogP contribution in [0.3, 0.4) is 0 Å². The molecule has 0 bridgehead atoms. The van der Waals surface area contributed by atoms with Crippen molar-refractivity contribution in [2.75, 3.05) is 9.80 Å². The molecule has 38 heavy (non-hydrogen) atoms. The number of thiocarbonyl (C=S) groups is 1. The highest BCUT2D eigenvalue weighted by Gasteiger charge is 2.41. The fraction of sp³-hybridized carbons (Fsp3) is 0.156. The van der Waals surface area contributed by atoms with E-state index in [4.69, 9.17) is 12.2 Å². The molecule has 5 nitrogen and oxygen atoms in total. The van der Waals surface area contributed by atoms with E-state index in [1.807, 2.05) is 80.6 Å². The molecule has 1 fully saturated rings. The van der Waals surface area contributed by atoms with Gasteiger partial charge in [-0.15, -0.1) is 0 Å². The molecular formula is C32H29N3O2S. The molecule has 1 aliphatic rings. The van der Waals surface area contributed by atoms with Gasteiger partial charge in [0.15, 0.2) is 5.11 Å². The summed E-state index contributed by atoms with van der Waals surface area (Å²) in [5, 5.41) is 0.132. The molecule has 1 saturated heterocycles. The summed E-state index contributed by atoms with van der Waals surface area (Å²) < 4.78 is 2.22. The lowest BCUT2D eigenvalue weighted by atomic mass is 10.0. The second-order valence-electron chi connectivity index (χ2n) is 9.39. The Morgan fingerprint density at radius 1 is 0.763 bits per heavy atom. The van der Waals surface area contributed by atoms with Crippen molar-refractivity contribution in [3.05, 3.63) is 119 Å². The Morgan fingerprint density at radius 2 is 1.32 bits per heavy atom. The summed E-state index contributed by atoms with van der Waals surface area (Å²) in [5.41, 5.74) is 7.66. The van der Waals surface area contributed by atoms with Gasteiger partial charge in [-0.3, -0.25) is 19.4 Å². The average molecular weight is 520 g/mol. The van der Waals surface area contributed by atoms with E-state index < -0.39 is 11.8 Å². The molecule has 0 spiro atoms. The van der Waals surface area contributed by atoms with E-state index in [-0.39, 0.29) is 10.7 Å². The number of aromatic nitrogens is 1. The van der Waals surface area contributed by atoms with Crippen molar-refractivity contribution in [3.8, 4) is 5.69 Å². The van der Waals surface area contributed by atoms with Crippen LogP contribution < -0.4 is 9.80 Å². The molecule has 0 unspecified atom stereocenters. The Labute approximate surface area is 228 Å². The quantitative estimate of drug-likeness (QED) is 0.167. The van der Waals surface area contributed by atoms with Gasteiger partial charge in [0, 0.05) is 11.4 Å². The van der Waals surface area contributed by atoms with Gasteiger partial charge in [0.05, 0.1) is 17.1 Å². The van der Waals surface area contributed by atoms with Gasteiger partial charge in [-0.1, -0.05) is 61.5 Å². The number of benzene rings is 3. The maximum absolute atomic E-state index is 13.9. The number of anilines is 2. The first-order valence-corrected chi connectivity index (χ1v) is 13.1. The summed E-state index contributed by atoms with van der Waals surface area (Å²) in [6, 6.07) is 26.8. The van der Waals surface area contributed by atoms with Gasteiger partial charge < -0.3 is 4.57 Å². The molecule has 0 radical (unpaired) electrons. The van der Waals surface area contributed by atoms with Crippen LogP contribution in [-0.2, 0) is 16.0 Å². The maximum atomic E-state index is 13.9. The molecule has 0 aliphatic carbocycles. The fourth-order valence-corrected chi connectivity index (χ4v) is 5.47. The van der Waals surface area contributed by atoms with E-state index in [2.05, 4.69) is 36.6 Å². The molecular weight excluding hydrogens is 490 g/mol. The zero-order chi connectivity index (χ0) is 27.0. The van der Waals surface area contributed by atoms with Crippen molar-refractivity contribution >= 4 is 46.6 Å². The lowest BCUT2D eigenvalue weighted by Gasteiger charge is -2.36. The van der Waals surface area contributed by atoms with Gasteiger partial charge in [0.2, 0.25) is 0 Å². The van der Waals surface area contributed by atoms with Crippen molar-refractivity contribution in [2.45, 2.75) is 34.1 Å². The summed E-state index contributed by atoms with van der Waals surface area (Å²) >= 11 is 5.72. The zero-order valence-electron chi connectivity index (χ0n) is 21.9. The largest absolute Gasteiger partial charge is 0.317 e. The van der Waals surface area contributed by atoms with Crippen LogP contribution in [0.1, 0.15) is 35.0 Å². The summed E-state index contributed by atoms with van der Waals surface area (Å²) in [6.07, 6.45) is 2.61. The topological polar surface area (TPSA) is 45.6 Å². The minimum atomic E-state index is -0.437. The predicted octanol–water partition coefficient (Wildman–Crippen LogP) is 6.71. The number of hydrogen-bond donors (Lipinski definition) is 0. The third-order valence-corrected chi connectivity index (χ3v) is 7.34. The minimum absolute atomic E-state index is 0.0621. The van der Waals surface area contributed by atoms with Crippen molar-refractivity contribution in [1.82, 2.24) is 4.57 Å². The molecule has 0 saturated carbocycles. The van der Waals surface area contributed by atoms with E-state index in [1.54, 1.807) is 6.08 Å². The molecule has 6 heteroatoms. The number of nitrogens with zero attached hydrogens (tertiary/aromatic N) is 3. The van der Waals surface area contributed by atoms with Crippen LogP contribution in [0.25, 0.3) is 11.8 Å². The van der Waals surface area contributed by atoms with Gasteiger partial charge in [-0.05, 0) is 92.5 Å². The normalized spacial score (nSPS) is 13.9. The van der Waals surface area contributed by atoms with Gasteiger partial charge in [0.1, 0.15) is 5.57 Å². The molecule has 2 heterocycles. The summed E-state index contributed by atoms with van der Waals surface area (Å²) in [5.74, 6) is -0.873. The lowest BCUT2D eigenvalue weighted by molar-refractivity contribution is -0.120. The number of hydrogen-bond acceptors (Lipinski definition) is 3. The Bertz CT molecular complexity index is 1520. The van der Waals surface area contributed by atoms with Gasteiger partial charge in [0.25, 0.3) is 11.8 Å². The summed E-state index contributed by atoms with van der Waals surface area (Å²) in [4.78, 5) is 30.6. The minimum Gasteiger partial charge on any atom is -0.317 e. The van der Waals surface area contributed by atoms with Crippen LogP contribution in [0.5, 0.6) is 0 Å². The van der Waals surface area contributed by atoms with E-state index in [0.717, 1.165) is 29.1 Å².